The number of hydrogen-bond donors (Lipinski definition) is 0. The summed E-state index contributed by atoms with van der Waals surface area (Å²) in [6.07, 6.45) is 2.80. The van der Waals surface area contributed by atoms with Crippen molar-refractivity contribution in [2.24, 2.45) is 5.92 Å². The molecule has 2 aromatic rings. The Morgan fingerprint density at radius 2 is 2.16 bits per heavy atom. The molecule has 2 heterocycles. The molecule has 25 heavy (non-hydrogen) atoms. The van der Waals surface area contributed by atoms with E-state index in [1.807, 2.05) is 43.0 Å². The predicted octanol–water partition coefficient (Wildman–Crippen LogP) is 3.50. The van der Waals surface area contributed by atoms with Crippen molar-refractivity contribution >= 4 is 5.91 Å². The SMILES string of the molecule is CC[C@H](C)C(=O)N1CCC[C@H](c2nc(-c3ccc(OC)cc3)no2)C1. The van der Waals surface area contributed by atoms with Crippen LogP contribution in [-0.4, -0.2) is 41.1 Å². The van der Waals surface area contributed by atoms with Gasteiger partial charge in [-0.05, 0) is 43.5 Å². The second kappa shape index (κ2) is 7.68. The molecule has 6 heteroatoms. The fourth-order valence-electron chi connectivity index (χ4n) is 3.12. The molecule has 0 bridgehead atoms. The minimum Gasteiger partial charge on any atom is -0.497 e. The van der Waals surface area contributed by atoms with Crippen molar-refractivity contribution in [3.8, 4) is 17.1 Å². The van der Waals surface area contributed by atoms with E-state index in [-0.39, 0.29) is 17.7 Å². The van der Waals surface area contributed by atoms with Crippen molar-refractivity contribution in [3.05, 3.63) is 30.2 Å². The lowest BCUT2D eigenvalue weighted by Gasteiger charge is -2.32. The van der Waals surface area contributed by atoms with Crippen LogP contribution < -0.4 is 4.74 Å². The van der Waals surface area contributed by atoms with Gasteiger partial charge in [-0.3, -0.25) is 4.79 Å². The standard InChI is InChI=1S/C19H25N3O3/c1-4-13(2)19(23)22-11-5-6-15(12-22)18-20-17(21-25-18)14-7-9-16(24-3)10-8-14/h7-10,13,15H,4-6,11-12H2,1-3H3/t13-,15-/m0/s1. The first-order valence-corrected chi connectivity index (χ1v) is 8.89. The van der Waals surface area contributed by atoms with Gasteiger partial charge < -0.3 is 14.2 Å². The van der Waals surface area contributed by atoms with Gasteiger partial charge >= 0.3 is 0 Å². The van der Waals surface area contributed by atoms with E-state index in [9.17, 15) is 4.79 Å². The molecule has 1 aromatic heterocycles. The Morgan fingerprint density at radius 1 is 1.40 bits per heavy atom. The van der Waals surface area contributed by atoms with Crippen LogP contribution >= 0.6 is 0 Å². The fraction of sp³-hybridized carbons (Fsp3) is 0.526. The van der Waals surface area contributed by atoms with E-state index < -0.39 is 0 Å². The molecular formula is C19H25N3O3. The molecule has 134 valence electrons. The highest BCUT2D eigenvalue weighted by Gasteiger charge is 2.30. The summed E-state index contributed by atoms with van der Waals surface area (Å²) in [5.74, 6) is 2.38. The molecule has 3 rings (SSSR count). The van der Waals surface area contributed by atoms with Crippen LogP contribution in [0.1, 0.15) is 44.9 Å². The Labute approximate surface area is 148 Å². The Morgan fingerprint density at radius 3 is 2.84 bits per heavy atom. The second-order valence-corrected chi connectivity index (χ2v) is 6.62. The van der Waals surface area contributed by atoms with Gasteiger partial charge in [0.25, 0.3) is 0 Å². The topological polar surface area (TPSA) is 68.5 Å². The predicted molar refractivity (Wildman–Crippen MR) is 94.3 cm³/mol. The normalized spacial score (nSPS) is 18.8. The number of benzene rings is 1. The molecule has 0 saturated carbocycles. The fourth-order valence-corrected chi connectivity index (χ4v) is 3.12. The molecule has 0 unspecified atom stereocenters. The van der Waals surface area contributed by atoms with Crippen LogP contribution in [0, 0.1) is 5.92 Å². The Hall–Kier alpha value is -2.37. The van der Waals surface area contributed by atoms with Crippen LogP contribution in [0.3, 0.4) is 0 Å². The molecule has 1 aromatic carbocycles. The van der Waals surface area contributed by atoms with E-state index in [0.29, 0.717) is 18.3 Å². The Bertz CT molecular complexity index is 711. The van der Waals surface area contributed by atoms with Crippen molar-refractivity contribution in [3.63, 3.8) is 0 Å². The van der Waals surface area contributed by atoms with Crippen LogP contribution in [0.2, 0.25) is 0 Å². The minimum atomic E-state index is 0.0660. The lowest BCUT2D eigenvalue weighted by atomic mass is 9.96. The zero-order valence-corrected chi connectivity index (χ0v) is 15.1. The highest BCUT2D eigenvalue weighted by atomic mass is 16.5. The van der Waals surface area contributed by atoms with Crippen molar-refractivity contribution in [2.45, 2.75) is 39.0 Å². The summed E-state index contributed by atoms with van der Waals surface area (Å²) in [6.45, 7) is 5.51. The lowest BCUT2D eigenvalue weighted by Crippen LogP contribution is -2.41. The zero-order chi connectivity index (χ0) is 17.8. The monoisotopic (exact) mass is 343 g/mol. The van der Waals surface area contributed by atoms with E-state index in [4.69, 9.17) is 9.26 Å². The first kappa shape index (κ1) is 17.5. The minimum absolute atomic E-state index is 0.0660. The molecule has 1 aliphatic rings. The van der Waals surface area contributed by atoms with Crippen LogP contribution in [0.25, 0.3) is 11.4 Å². The number of aromatic nitrogens is 2. The number of hydrogen-bond acceptors (Lipinski definition) is 5. The maximum atomic E-state index is 12.4. The van der Waals surface area contributed by atoms with Crippen LogP contribution in [-0.2, 0) is 4.79 Å². The van der Waals surface area contributed by atoms with Gasteiger partial charge in [-0.15, -0.1) is 0 Å². The number of likely N-dealkylation sites (tertiary alicyclic amines) is 1. The number of carbonyl (C=O) groups excluding carboxylic acids is 1. The van der Waals surface area contributed by atoms with Gasteiger partial charge in [0, 0.05) is 24.6 Å². The highest BCUT2D eigenvalue weighted by molar-refractivity contribution is 5.78. The van der Waals surface area contributed by atoms with E-state index in [0.717, 1.165) is 37.1 Å². The summed E-state index contributed by atoms with van der Waals surface area (Å²) in [7, 11) is 1.64. The molecule has 6 nitrogen and oxygen atoms in total. The molecular weight excluding hydrogens is 318 g/mol. The third-order valence-corrected chi connectivity index (χ3v) is 4.91. The molecule has 0 radical (unpaired) electrons. The summed E-state index contributed by atoms with van der Waals surface area (Å²) in [6, 6.07) is 7.57. The molecule has 1 amide bonds. The van der Waals surface area contributed by atoms with E-state index in [1.54, 1.807) is 7.11 Å². The van der Waals surface area contributed by atoms with Gasteiger partial charge in [0.2, 0.25) is 17.6 Å². The van der Waals surface area contributed by atoms with E-state index in [2.05, 4.69) is 10.1 Å². The quantitative estimate of drug-likeness (QED) is 0.831. The molecule has 0 aliphatic carbocycles. The second-order valence-electron chi connectivity index (χ2n) is 6.62. The number of nitrogens with zero attached hydrogens (tertiary/aromatic N) is 3. The highest BCUT2D eigenvalue weighted by Crippen LogP contribution is 2.29. The maximum absolute atomic E-state index is 12.4. The molecule has 1 aliphatic heterocycles. The number of rotatable bonds is 5. The molecule has 1 saturated heterocycles. The smallest absolute Gasteiger partial charge is 0.231 e. The van der Waals surface area contributed by atoms with Crippen LogP contribution in [0.4, 0.5) is 0 Å². The van der Waals surface area contributed by atoms with E-state index in [1.165, 1.54) is 0 Å². The summed E-state index contributed by atoms with van der Waals surface area (Å²) in [5, 5.41) is 4.11. The maximum Gasteiger partial charge on any atom is 0.231 e. The molecule has 0 N–H and O–H groups in total. The Balaban J connectivity index is 1.71. The summed E-state index contributed by atoms with van der Waals surface area (Å²) >= 11 is 0. The van der Waals surface area contributed by atoms with Crippen molar-refractivity contribution in [1.82, 2.24) is 15.0 Å². The molecule has 2 atom stereocenters. The van der Waals surface area contributed by atoms with E-state index >= 15 is 0 Å². The number of piperidine rings is 1. The largest absolute Gasteiger partial charge is 0.497 e. The summed E-state index contributed by atoms with van der Waals surface area (Å²) in [5.41, 5.74) is 0.888. The van der Waals surface area contributed by atoms with Crippen LogP contribution in [0.15, 0.2) is 28.8 Å². The van der Waals surface area contributed by atoms with Gasteiger partial charge in [-0.1, -0.05) is 19.0 Å². The number of carbonyl (C=O) groups is 1. The zero-order valence-electron chi connectivity index (χ0n) is 15.1. The lowest BCUT2D eigenvalue weighted by molar-refractivity contribution is -0.136. The summed E-state index contributed by atoms with van der Waals surface area (Å²) < 4.78 is 10.7. The summed E-state index contributed by atoms with van der Waals surface area (Å²) in [4.78, 5) is 18.9. The van der Waals surface area contributed by atoms with Crippen molar-refractivity contribution in [2.75, 3.05) is 20.2 Å². The van der Waals surface area contributed by atoms with Crippen LogP contribution in [0.5, 0.6) is 5.75 Å². The van der Waals surface area contributed by atoms with Crippen molar-refractivity contribution in [1.29, 1.82) is 0 Å². The van der Waals surface area contributed by atoms with Gasteiger partial charge in [0.05, 0.1) is 13.0 Å². The number of methoxy groups -OCH3 is 1. The molecule has 0 spiro atoms. The van der Waals surface area contributed by atoms with Gasteiger partial charge in [0.15, 0.2) is 0 Å². The number of ether oxygens (including phenoxy) is 1. The number of amides is 1. The van der Waals surface area contributed by atoms with Gasteiger partial charge in [-0.25, -0.2) is 0 Å². The molecule has 1 fully saturated rings. The third kappa shape index (κ3) is 3.83. The van der Waals surface area contributed by atoms with Gasteiger partial charge in [0.1, 0.15) is 5.75 Å². The average Bonchev–Trinajstić information content (AvgIpc) is 3.17. The Kier molecular flexibility index (Phi) is 5.36. The van der Waals surface area contributed by atoms with Gasteiger partial charge in [-0.2, -0.15) is 4.98 Å². The third-order valence-electron chi connectivity index (χ3n) is 4.91. The van der Waals surface area contributed by atoms with Crippen molar-refractivity contribution < 1.29 is 14.1 Å². The average molecular weight is 343 g/mol. The first-order valence-electron chi connectivity index (χ1n) is 8.89. The first-order chi connectivity index (χ1) is 12.1.